The molecule has 0 saturated heterocycles. The van der Waals surface area contributed by atoms with Crippen molar-refractivity contribution in [2.45, 2.75) is 39.2 Å². The van der Waals surface area contributed by atoms with Gasteiger partial charge in [0.15, 0.2) is 0 Å². The van der Waals surface area contributed by atoms with Crippen LogP contribution in [0.1, 0.15) is 31.5 Å². The summed E-state index contributed by atoms with van der Waals surface area (Å²) in [5.74, 6) is 0. The smallest absolute Gasteiger partial charge is 0.0595 e. The summed E-state index contributed by atoms with van der Waals surface area (Å²) in [6.45, 7) is 5.66. The van der Waals surface area contributed by atoms with E-state index in [1.807, 2.05) is 39.1 Å². The molecule has 1 N–H and O–H groups in total. The summed E-state index contributed by atoms with van der Waals surface area (Å²) in [6, 6.07) is 4.06. The fourth-order valence-electron chi connectivity index (χ4n) is 1.08. The van der Waals surface area contributed by atoms with Crippen LogP contribution >= 0.6 is 0 Å². The molecule has 0 fully saturated rings. The summed E-state index contributed by atoms with van der Waals surface area (Å²) < 4.78 is 0. The molecule has 1 heterocycles. The van der Waals surface area contributed by atoms with Gasteiger partial charge in [-0.05, 0) is 45.2 Å². The minimum atomic E-state index is -0.591. The molecular weight excluding hydrogens is 162 g/mol. The maximum atomic E-state index is 9.51. The number of aliphatic hydroxyl groups is 1. The fourth-order valence-corrected chi connectivity index (χ4v) is 1.08. The van der Waals surface area contributed by atoms with Crippen LogP contribution in [0.2, 0.25) is 0 Å². The largest absolute Gasteiger partial charge is 0.390 e. The number of pyridine rings is 1. The van der Waals surface area contributed by atoms with E-state index in [0.29, 0.717) is 0 Å². The van der Waals surface area contributed by atoms with Crippen LogP contribution in [0, 0.1) is 6.92 Å². The second-order valence-electron chi connectivity index (χ2n) is 4.14. The highest BCUT2D eigenvalue weighted by Gasteiger charge is 2.12. The molecule has 13 heavy (non-hydrogen) atoms. The van der Waals surface area contributed by atoms with Gasteiger partial charge in [-0.1, -0.05) is 6.07 Å². The van der Waals surface area contributed by atoms with Crippen LogP contribution in [0.3, 0.4) is 0 Å². The predicted molar refractivity (Wildman–Crippen MR) is 53.6 cm³/mol. The number of nitrogens with zero attached hydrogens (tertiary/aromatic N) is 1. The predicted octanol–water partition coefficient (Wildman–Crippen LogP) is 2.09. The Morgan fingerprint density at radius 1 is 1.38 bits per heavy atom. The molecule has 0 spiro atoms. The van der Waals surface area contributed by atoms with E-state index in [1.165, 1.54) is 5.56 Å². The Hall–Kier alpha value is -0.890. The molecule has 2 heteroatoms. The zero-order valence-corrected chi connectivity index (χ0v) is 8.54. The van der Waals surface area contributed by atoms with Crippen LogP contribution in [0.25, 0.3) is 0 Å². The summed E-state index contributed by atoms with van der Waals surface area (Å²) in [6.07, 6.45) is 3.45. The summed E-state index contributed by atoms with van der Waals surface area (Å²) in [4.78, 5) is 4.27. The van der Waals surface area contributed by atoms with Crippen LogP contribution in [-0.2, 0) is 6.42 Å². The van der Waals surface area contributed by atoms with Gasteiger partial charge in [0.2, 0.25) is 0 Å². The Morgan fingerprint density at radius 2 is 2.08 bits per heavy atom. The van der Waals surface area contributed by atoms with Crippen molar-refractivity contribution in [1.29, 1.82) is 0 Å². The molecule has 0 saturated carbocycles. The monoisotopic (exact) mass is 179 g/mol. The third-order valence-electron chi connectivity index (χ3n) is 1.97. The van der Waals surface area contributed by atoms with Crippen molar-refractivity contribution in [1.82, 2.24) is 4.98 Å². The van der Waals surface area contributed by atoms with Crippen molar-refractivity contribution in [3.05, 3.63) is 29.6 Å². The Balaban J connectivity index is 2.51. The van der Waals surface area contributed by atoms with Crippen molar-refractivity contribution < 1.29 is 5.11 Å². The lowest BCUT2D eigenvalue weighted by Gasteiger charge is -2.16. The number of rotatable bonds is 3. The van der Waals surface area contributed by atoms with Gasteiger partial charge in [-0.25, -0.2) is 0 Å². The molecule has 0 unspecified atom stereocenters. The molecular formula is C11H17NO. The van der Waals surface area contributed by atoms with Crippen LogP contribution in [0.5, 0.6) is 0 Å². The lowest BCUT2D eigenvalue weighted by Crippen LogP contribution is -2.19. The van der Waals surface area contributed by atoms with Gasteiger partial charge in [-0.3, -0.25) is 4.98 Å². The van der Waals surface area contributed by atoms with Gasteiger partial charge in [0.25, 0.3) is 0 Å². The maximum absolute atomic E-state index is 9.51. The molecule has 0 aliphatic rings. The quantitative estimate of drug-likeness (QED) is 0.770. The van der Waals surface area contributed by atoms with E-state index >= 15 is 0 Å². The highest BCUT2D eigenvalue weighted by Crippen LogP contribution is 2.11. The van der Waals surface area contributed by atoms with E-state index in [2.05, 4.69) is 4.98 Å². The molecule has 72 valence electrons. The van der Waals surface area contributed by atoms with E-state index in [1.54, 1.807) is 0 Å². The van der Waals surface area contributed by atoms with Crippen LogP contribution in [-0.4, -0.2) is 15.7 Å². The summed E-state index contributed by atoms with van der Waals surface area (Å²) in [5.41, 5.74) is 1.63. The van der Waals surface area contributed by atoms with Crippen LogP contribution in [0.4, 0.5) is 0 Å². The second kappa shape index (κ2) is 3.88. The first-order valence-electron chi connectivity index (χ1n) is 4.61. The molecule has 1 rings (SSSR count). The molecule has 1 aromatic rings. The van der Waals surface area contributed by atoms with Crippen molar-refractivity contribution in [2.24, 2.45) is 0 Å². The van der Waals surface area contributed by atoms with Gasteiger partial charge in [-0.15, -0.1) is 0 Å². The molecule has 0 aliphatic heterocycles. The fraction of sp³-hybridized carbons (Fsp3) is 0.545. The molecule has 0 bridgehead atoms. The zero-order chi connectivity index (χ0) is 9.90. The Labute approximate surface area is 79.6 Å². The summed E-state index contributed by atoms with van der Waals surface area (Å²) in [7, 11) is 0. The molecule has 2 nitrogen and oxygen atoms in total. The van der Waals surface area contributed by atoms with Gasteiger partial charge in [0.05, 0.1) is 5.60 Å². The minimum Gasteiger partial charge on any atom is -0.390 e. The lowest BCUT2D eigenvalue weighted by molar-refractivity contribution is 0.0711. The van der Waals surface area contributed by atoms with Crippen LogP contribution in [0.15, 0.2) is 18.3 Å². The summed E-state index contributed by atoms with van der Waals surface area (Å²) in [5, 5.41) is 9.51. The molecule has 0 amide bonds. The highest BCUT2D eigenvalue weighted by molar-refractivity contribution is 5.12. The third-order valence-corrected chi connectivity index (χ3v) is 1.97. The van der Waals surface area contributed by atoms with Gasteiger partial charge < -0.3 is 5.11 Å². The van der Waals surface area contributed by atoms with E-state index in [4.69, 9.17) is 0 Å². The molecule has 0 radical (unpaired) electrons. The zero-order valence-electron chi connectivity index (χ0n) is 8.54. The number of aromatic nitrogens is 1. The highest BCUT2D eigenvalue weighted by atomic mass is 16.3. The van der Waals surface area contributed by atoms with Crippen molar-refractivity contribution in [3.63, 3.8) is 0 Å². The minimum absolute atomic E-state index is 0.591. The second-order valence-corrected chi connectivity index (χ2v) is 4.14. The number of hydrogen-bond donors (Lipinski definition) is 1. The van der Waals surface area contributed by atoms with E-state index in [0.717, 1.165) is 18.5 Å². The first-order valence-corrected chi connectivity index (χ1v) is 4.61. The first kappa shape index (κ1) is 10.2. The topological polar surface area (TPSA) is 33.1 Å². The van der Waals surface area contributed by atoms with E-state index < -0.39 is 5.60 Å². The summed E-state index contributed by atoms with van der Waals surface area (Å²) >= 11 is 0. The SMILES string of the molecule is Cc1ccc(CCC(C)(C)O)nc1. The van der Waals surface area contributed by atoms with Gasteiger partial charge in [-0.2, -0.15) is 0 Å². The van der Waals surface area contributed by atoms with Crippen molar-refractivity contribution in [3.8, 4) is 0 Å². The third kappa shape index (κ3) is 4.04. The Morgan fingerprint density at radius 3 is 2.54 bits per heavy atom. The number of hydrogen-bond acceptors (Lipinski definition) is 2. The van der Waals surface area contributed by atoms with Crippen molar-refractivity contribution in [2.75, 3.05) is 0 Å². The molecule has 0 aromatic carbocycles. The molecule has 0 atom stereocenters. The van der Waals surface area contributed by atoms with Crippen molar-refractivity contribution >= 4 is 0 Å². The standard InChI is InChI=1S/C11H17NO/c1-9-4-5-10(12-8-9)6-7-11(2,3)13/h4-5,8,13H,6-7H2,1-3H3. The van der Waals surface area contributed by atoms with Gasteiger partial charge >= 0.3 is 0 Å². The Bertz CT molecular complexity index is 258. The van der Waals surface area contributed by atoms with Gasteiger partial charge in [0.1, 0.15) is 0 Å². The van der Waals surface area contributed by atoms with E-state index in [9.17, 15) is 5.11 Å². The average molecular weight is 179 g/mol. The maximum Gasteiger partial charge on any atom is 0.0595 e. The lowest BCUT2D eigenvalue weighted by atomic mass is 10.0. The Kier molecular flexibility index (Phi) is 3.04. The van der Waals surface area contributed by atoms with Gasteiger partial charge in [0, 0.05) is 11.9 Å². The molecule has 0 aliphatic carbocycles. The van der Waals surface area contributed by atoms with Crippen LogP contribution < -0.4 is 0 Å². The molecule has 1 aromatic heterocycles. The normalized spacial score (nSPS) is 11.7. The first-order chi connectivity index (χ1) is 5.97. The number of aryl methyl sites for hydroxylation is 2. The van der Waals surface area contributed by atoms with E-state index in [-0.39, 0.29) is 0 Å². The average Bonchev–Trinajstić information content (AvgIpc) is 2.02.